The summed E-state index contributed by atoms with van der Waals surface area (Å²) in [6.45, 7) is 0. The van der Waals surface area contributed by atoms with E-state index in [-0.39, 0.29) is 23.8 Å². The quantitative estimate of drug-likeness (QED) is 0.199. The molecular weight excluding hydrogens is 484 g/mol. The predicted molar refractivity (Wildman–Crippen MR) is 127 cm³/mol. The molecule has 0 N–H and O–H groups in total. The molecule has 0 bridgehead atoms. The summed E-state index contributed by atoms with van der Waals surface area (Å²) in [4.78, 5) is 24.2. The third kappa shape index (κ3) is 4.79. The molecule has 1 aromatic heterocycles. The molecule has 0 saturated heterocycles. The Morgan fingerprint density at radius 1 is 0.639 bits per heavy atom. The molecule has 36 heavy (non-hydrogen) atoms. The number of benzene rings is 4. The summed E-state index contributed by atoms with van der Waals surface area (Å²) in [7, 11) is 0. The molecule has 0 saturated carbocycles. The van der Waals surface area contributed by atoms with Gasteiger partial charge in [-0.2, -0.15) is 0 Å². The monoisotopic (exact) mass is 500 g/mol. The van der Waals surface area contributed by atoms with Crippen LogP contribution in [0.4, 0.5) is 11.4 Å². The second-order valence-electron chi connectivity index (χ2n) is 7.59. The molecule has 11 heteroatoms. The van der Waals surface area contributed by atoms with E-state index in [4.69, 9.17) is 0 Å². The molecule has 0 aliphatic rings. The zero-order valence-electron chi connectivity index (χ0n) is 18.5. The Labute approximate surface area is 210 Å². The van der Waals surface area contributed by atoms with Crippen LogP contribution in [0.15, 0.2) is 103 Å². The van der Waals surface area contributed by atoms with Crippen LogP contribution in [0.3, 0.4) is 0 Å². The van der Waals surface area contributed by atoms with E-state index in [0.29, 0.717) is 22.8 Å². The number of nitro groups is 2. The highest BCUT2D eigenvalue weighted by atomic mass is 35.5. The lowest BCUT2D eigenvalue weighted by Gasteiger charge is -2.03. The number of halogens is 1. The van der Waals surface area contributed by atoms with Gasteiger partial charge in [-0.3, -0.25) is 20.2 Å². The average molecular weight is 501 g/mol. The van der Waals surface area contributed by atoms with Gasteiger partial charge in [0.05, 0.1) is 20.5 Å². The number of nitrogens with zero attached hydrogens (tertiary/aromatic N) is 6. The van der Waals surface area contributed by atoms with Gasteiger partial charge in [0.25, 0.3) is 11.4 Å². The zero-order valence-corrected chi connectivity index (χ0v) is 19.3. The Balaban J connectivity index is 0.00000304. The minimum absolute atomic E-state index is 0. The molecule has 1 heterocycles. The summed E-state index contributed by atoms with van der Waals surface area (Å²) in [5.41, 5.74) is 3.90. The van der Waals surface area contributed by atoms with Gasteiger partial charge in [-0.1, -0.05) is 42.5 Å². The topological polar surface area (TPSA) is 121 Å². The second-order valence-corrected chi connectivity index (χ2v) is 7.59. The molecule has 0 radical (unpaired) electrons. The van der Waals surface area contributed by atoms with Gasteiger partial charge >= 0.3 is 5.82 Å². The van der Waals surface area contributed by atoms with Gasteiger partial charge in [0.15, 0.2) is 5.69 Å². The Bertz CT molecular complexity index is 1520. The van der Waals surface area contributed by atoms with E-state index in [1.807, 2.05) is 54.6 Å². The molecule has 0 aliphatic heterocycles. The number of hydrogen-bond donors (Lipinski definition) is 0. The molecule has 0 fully saturated rings. The number of aromatic nitrogens is 4. The van der Waals surface area contributed by atoms with E-state index in [1.54, 1.807) is 29.1 Å². The van der Waals surface area contributed by atoms with Crippen LogP contribution in [0.2, 0.25) is 0 Å². The molecule has 0 atom stereocenters. The van der Waals surface area contributed by atoms with Gasteiger partial charge in [0.1, 0.15) is 5.69 Å². The van der Waals surface area contributed by atoms with E-state index in [0.717, 1.165) is 11.1 Å². The third-order valence-corrected chi connectivity index (χ3v) is 5.39. The van der Waals surface area contributed by atoms with Crippen LogP contribution >= 0.6 is 0 Å². The first-order chi connectivity index (χ1) is 17.0. The molecule has 10 nitrogen and oxygen atoms in total. The first kappa shape index (κ1) is 24.2. The number of non-ortho nitro benzene ring substituents is 2. The van der Waals surface area contributed by atoms with Gasteiger partial charge in [0, 0.05) is 29.1 Å². The van der Waals surface area contributed by atoms with Crippen molar-refractivity contribution in [1.82, 2.24) is 15.0 Å². The zero-order chi connectivity index (χ0) is 24.4. The number of nitro benzene ring substituents is 2. The fourth-order valence-electron chi connectivity index (χ4n) is 3.59. The number of tetrazole rings is 1. The minimum Gasteiger partial charge on any atom is -1.00 e. The third-order valence-electron chi connectivity index (χ3n) is 5.39. The lowest BCUT2D eigenvalue weighted by atomic mass is 10.1. The van der Waals surface area contributed by atoms with Gasteiger partial charge in [-0.25, -0.2) is 0 Å². The summed E-state index contributed by atoms with van der Waals surface area (Å²) in [5, 5.41) is 31.3. The van der Waals surface area contributed by atoms with Crippen LogP contribution in [0.25, 0.3) is 33.9 Å². The summed E-state index contributed by atoms with van der Waals surface area (Å²) < 4.78 is 0. The normalized spacial score (nSPS) is 10.4. The summed E-state index contributed by atoms with van der Waals surface area (Å²) in [6, 6.07) is 29.6. The molecule has 0 amide bonds. The van der Waals surface area contributed by atoms with Gasteiger partial charge in [0.2, 0.25) is 0 Å². The molecule has 0 unspecified atom stereocenters. The van der Waals surface area contributed by atoms with E-state index in [1.165, 1.54) is 29.1 Å². The van der Waals surface area contributed by atoms with Crippen LogP contribution in [-0.4, -0.2) is 24.8 Å². The van der Waals surface area contributed by atoms with Crippen molar-refractivity contribution in [2.75, 3.05) is 0 Å². The number of rotatable bonds is 6. The van der Waals surface area contributed by atoms with Crippen molar-refractivity contribution < 1.29 is 27.1 Å². The highest BCUT2D eigenvalue weighted by Gasteiger charge is 2.24. The van der Waals surface area contributed by atoms with E-state index in [9.17, 15) is 20.2 Å². The average Bonchev–Trinajstić information content (AvgIpc) is 3.35. The first-order valence-corrected chi connectivity index (χ1v) is 10.5. The van der Waals surface area contributed by atoms with Crippen LogP contribution < -0.4 is 17.2 Å². The Morgan fingerprint density at radius 2 is 1.14 bits per heavy atom. The number of hydrogen-bond acceptors (Lipinski definition) is 6. The van der Waals surface area contributed by atoms with Crippen molar-refractivity contribution in [1.29, 1.82) is 0 Å². The fraction of sp³-hybridized carbons (Fsp3) is 0. The summed E-state index contributed by atoms with van der Waals surface area (Å²) >= 11 is 0. The van der Waals surface area contributed by atoms with E-state index in [2.05, 4.69) is 10.2 Å². The van der Waals surface area contributed by atoms with Crippen LogP contribution in [0.1, 0.15) is 0 Å². The van der Waals surface area contributed by atoms with Crippen LogP contribution in [-0.2, 0) is 0 Å². The second kappa shape index (κ2) is 10.1. The Morgan fingerprint density at radius 3 is 1.69 bits per heavy atom. The maximum absolute atomic E-state index is 11.1. The van der Waals surface area contributed by atoms with Crippen molar-refractivity contribution in [3.8, 4) is 33.9 Å². The van der Waals surface area contributed by atoms with Crippen LogP contribution in [0, 0.1) is 20.2 Å². The van der Waals surface area contributed by atoms with Crippen molar-refractivity contribution in [3.05, 3.63) is 123 Å². The largest absolute Gasteiger partial charge is 1.00 e. The lowest BCUT2D eigenvalue weighted by Crippen LogP contribution is -3.00. The van der Waals surface area contributed by atoms with E-state index >= 15 is 0 Å². The maximum Gasteiger partial charge on any atom is 0.340 e. The van der Waals surface area contributed by atoms with Crippen molar-refractivity contribution in [3.63, 3.8) is 0 Å². The molecule has 5 rings (SSSR count). The van der Waals surface area contributed by atoms with Crippen molar-refractivity contribution in [2.45, 2.75) is 0 Å². The maximum atomic E-state index is 11.1. The van der Waals surface area contributed by atoms with E-state index < -0.39 is 9.85 Å². The SMILES string of the molecule is O=[N+]([O-])c1ccc(-c2nn(-c3ccc(-c4ccccc4)cc3)[n+](-c3ccc([N+](=O)[O-])cc3)n2)cc1.[Cl-]. The molecule has 4 aromatic carbocycles. The fourth-order valence-corrected chi connectivity index (χ4v) is 3.59. The highest BCUT2D eigenvalue weighted by molar-refractivity contribution is 5.64. The molecule has 178 valence electrons. The summed E-state index contributed by atoms with van der Waals surface area (Å²) in [6.07, 6.45) is 0. The van der Waals surface area contributed by atoms with Crippen molar-refractivity contribution >= 4 is 11.4 Å². The smallest absolute Gasteiger partial charge is 0.340 e. The highest BCUT2D eigenvalue weighted by Crippen LogP contribution is 2.22. The Kier molecular flexibility index (Phi) is 6.79. The predicted octanol–water partition coefficient (Wildman–Crippen LogP) is 1.70. The minimum atomic E-state index is -0.471. The van der Waals surface area contributed by atoms with Gasteiger partial charge in [-0.05, 0) is 57.4 Å². The Hall–Kier alpha value is -4.96. The van der Waals surface area contributed by atoms with Crippen molar-refractivity contribution in [2.24, 2.45) is 0 Å². The molecule has 5 aromatic rings. The molecular formula is C25H17ClN6O4. The van der Waals surface area contributed by atoms with Gasteiger partial charge < -0.3 is 12.4 Å². The first-order valence-electron chi connectivity index (χ1n) is 10.5. The summed E-state index contributed by atoms with van der Waals surface area (Å²) in [5.74, 6) is 0.338. The lowest BCUT2D eigenvalue weighted by molar-refractivity contribution is -0.734. The molecule has 0 aliphatic carbocycles. The standard InChI is InChI=1S/C25H17N6O4.ClH/c32-30(33)23-12-8-20(9-13-23)25-26-28(29(27-25)22-14-16-24(17-15-22)31(34)35)21-10-6-19(7-11-21)18-4-2-1-3-5-18;/h1-17H;1H/q+1;/p-1. The molecule has 0 spiro atoms. The van der Waals surface area contributed by atoms with Gasteiger partial charge in [-0.15, -0.1) is 0 Å². The van der Waals surface area contributed by atoms with Crippen LogP contribution in [0.5, 0.6) is 0 Å².